The summed E-state index contributed by atoms with van der Waals surface area (Å²) in [6.07, 6.45) is 4.58. The number of aliphatic carboxylic acids is 1. The van der Waals surface area contributed by atoms with Gasteiger partial charge in [0.15, 0.2) is 5.82 Å². The van der Waals surface area contributed by atoms with Crippen molar-refractivity contribution in [3.63, 3.8) is 0 Å². The highest BCUT2D eigenvalue weighted by Gasteiger charge is 2.46. The number of hydrogen-bond acceptors (Lipinski definition) is 6. The lowest BCUT2D eigenvalue weighted by Gasteiger charge is -2.31. The van der Waals surface area contributed by atoms with Gasteiger partial charge in [0.1, 0.15) is 0 Å². The largest absolute Gasteiger partial charge is 0.549 e. The van der Waals surface area contributed by atoms with Crippen LogP contribution in [0.5, 0.6) is 0 Å². The molecule has 8 heteroatoms. The molecule has 1 aliphatic carbocycles. The number of nitrogens with zero attached hydrogens (tertiary/aromatic N) is 3. The first-order valence-corrected chi connectivity index (χ1v) is 10.0. The molecule has 0 unspecified atom stereocenters. The molecule has 1 N–H and O–H groups in total. The molecule has 0 spiro atoms. The van der Waals surface area contributed by atoms with Gasteiger partial charge in [0, 0.05) is 35.3 Å². The van der Waals surface area contributed by atoms with Gasteiger partial charge in [-0.2, -0.15) is 5.10 Å². The molecule has 3 aromatic rings. The van der Waals surface area contributed by atoms with Crippen LogP contribution in [0, 0.1) is 16.0 Å². The smallest absolute Gasteiger partial charge is 0.286 e. The quantitative estimate of drug-likeness (QED) is 0.365. The van der Waals surface area contributed by atoms with Crippen LogP contribution in [0.25, 0.3) is 5.69 Å². The lowest BCUT2D eigenvalue weighted by molar-refractivity contribution is -0.549. The Hall–Kier alpha value is -4.20. The fourth-order valence-corrected chi connectivity index (χ4v) is 4.19. The number of benzene rings is 2. The van der Waals surface area contributed by atoms with Gasteiger partial charge in [0.25, 0.3) is 5.54 Å². The Morgan fingerprint density at radius 2 is 1.66 bits per heavy atom. The van der Waals surface area contributed by atoms with Crippen molar-refractivity contribution in [2.45, 2.75) is 19.4 Å². The minimum absolute atomic E-state index is 0.366. The average Bonchev–Trinajstić information content (AvgIpc) is 3.22. The summed E-state index contributed by atoms with van der Waals surface area (Å²) >= 11 is 0. The number of carbonyl (C=O) groups is 1. The molecule has 1 heterocycles. The maximum atomic E-state index is 12.3. The van der Waals surface area contributed by atoms with Gasteiger partial charge in [-0.25, -0.2) is 4.68 Å². The number of nitro groups is 1. The highest BCUT2D eigenvalue weighted by atomic mass is 16.6. The second kappa shape index (κ2) is 8.14. The van der Waals surface area contributed by atoms with Crippen molar-refractivity contribution < 1.29 is 14.8 Å². The van der Waals surface area contributed by atoms with E-state index < -0.39 is 22.3 Å². The molecule has 0 radical (unpaired) electrons. The normalized spacial score (nSPS) is 20.2. The number of rotatable bonds is 6. The average molecular weight is 429 g/mol. The predicted molar refractivity (Wildman–Crippen MR) is 118 cm³/mol. The molecule has 1 aliphatic rings. The third-order valence-corrected chi connectivity index (χ3v) is 5.58. The van der Waals surface area contributed by atoms with Crippen LogP contribution >= 0.6 is 0 Å². The molecule has 32 heavy (non-hydrogen) atoms. The zero-order valence-electron chi connectivity index (χ0n) is 17.6. The van der Waals surface area contributed by atoms with E-state index in [0.29, 0.717) is 28.2 Å². The lowest BCUT2D eigenvalue weighted by Crippen LogP contribution is -2.40. The van der Waals surface area contributed by atoms with E-state index in [1.54, 1.807) is 55.1 Å². The molecule has 0 aliphatic heterocycles. The first-order valence-electron chi connectivity index (χ1n) is 10.0. The van der Waals surface area contributed by atoms with Gasteiger partial charge in [-0.05, 0) is 38.1 Å². The van der Waals surface area contributed by atoms with E-state index >= 15 is 0 Å². The molecule has 0 bridgehead atoms. The summed E-state index contributed by atoms with van der Waals surface area (Å²) in [7, 11) is 0. The summed E-state index contributed by atoms with van der Waals surface area (Å²) in [5.74, 6) is -1.74. The van der Waals surface area contributed by atoms with Crippen molar-refractivity contribution in [1.29, 1.82) is 0 Å². The Morgan fingerprint density at radius 1 is 1.03 bits per heavy atom. The Balaban J connectivity index is 1.76. The van der Waals surface area contributed by atoms with Gasteiger partial charge >= 0.3 is 0 Å². The van der Waals surface area contributed by atoms with E-state index in [2.05, 4.69) is 10.4 Å². The molecule has 0 saturated heterocycles. The second-order valence-electron chi connectivity index (χ2n) is 7.76. The molecule has 0 amide bonds. The van der Waals surface area contributed by atoms with Crippen LogP contribution in [0.3, 0.4) is 0 Å². The second-order valence-corrected chi connectivity index (χ2v) is 7.76. The van der Waals surface area contributed by atoms with Crippen LogP contribution < -0.4 is 10.4 Å². The Morgan fingerprint density at radius 3 is 2.28 bits per heavy atom. The van der Waals surface area contributed by atoms with Crippen molar-refractivity contribution in [2.24, 2.45) is 5.92 Å². The van der Waals surface area contributed by atoms with Crippen LogP contribution in [-0.2, 0) is 10.3 Å². The molecule has 162 valence electrons. The molecule has 8 nitrogen and oxygen atoms in total. The molecule has 2 aromatic carbocycles. The highest BCUT2D eigenvalue weighted by Crippen LogP contribution is 2.42. The van der Waals surface area contributed by atoms with Crippen molar-refractivity contribution in [3.8, 4) is 5.69 Å². The molecular formula is C24H21N4O4-. The van der Waals surface area contributed by atoms with Crippen LogP contribution in [-0.4, -0.2) is 20.7 Å². The molecule has 4 rings (SSSR count). The summed E-state index contributed by atoms with van der Waals surface area (Å²) in [4.78, 5) is 23.5. The Kier molecular flexibility index (Phi) is 5.36. The van der Waals surface area contributed by atoms with Gasteiger partial charge in [-0.3, -0.25) is 10.1 Å². The molecular weight excluding hydrogens is 408 g/mol. The molecule has 1 aromatic heterocycles. The SMILES string of the molecule is CC1=CC(c2ccccc2Nc2ccn(-c3ccccc3)n2)([N+](=O)[O-])C=C(C)C1C(=O)[O-]. The predicted octanol–water partition coefficient (Wildman–Crippen LogP) is 3.36. The topological polar surface area (TPSA) is 113 Å². The van der Waals surface area contributed by atoms with Crippen LogP contribution in [0.15, 0.2) is 90.2 Å². The zero-order chi connectivity index (χ0) is 22.9. The van der Waals surface area contributed by atoms with E-state index in [4.69, 9.17) is 0 Å². The first kappa shape index (κ1) is 21.0. The summed E-state index contributed by atoms with van der Waals surface area (Å²) in [5, 5.41) is 31.6. The first-order chi connectivity index (χ1) is 15.3. The molecule has 0 saturated carbocycles. The number of anilines is 2. The summed E-state index contributed by atoms with van der Waals surface area (Å²) in [6, 6.07) is 18.2. The minimum Gasteiger partial charge on any atom is -0.549 e. The molecule has 0 fully saturated rings. The third-order valence-electron chi connectivity index (χ3n) is 5.58. The van der Waals surface area contributed by atoms with Crippen molar-refractivity contribution >= 4 is 17.5 Å². The standard InChI is InChI=1S/C24H22N4O4/c1-16-14-24(28(31)32,15-17(2)22(16)23(29)30)19-10-6-7-11-20(19)25-21-12-13-27(26-21)18-8-4-3-5-9-18/h3-15,22H,1-2H3,(H,25,26)(H,29,30)/p-1. The maximum absolute atomic E-state index is 12.3. The number of para-hydroxylation sites is 2. The lowest BCUT2D eigenvalue weighted by atomic mass is 9.76. The highest BCUT2D eigenvalue weighted by molar-refractivity contribution is 5.77. The number of carboxylic acids is 1. The fourth-order valence-electron chi connectivity index (χ4n) is 4.19. The number of aromatic nitrogens is 2. The van der Waals surface area contributed by atoms with E-state index in [9.17, 15) is 20.0 Å². The van der Waals surface area contributed by atoms with Gasteiger partial charge in [0.2, 0.25) is 0 Å². The van der Waals surface area contributed by atoms with Crippen molar-refractivity contribution in [1.82, 2.24) is 9.78 Å². The van der Waals surface area contributed by atoms with E-state index in [1.165, 1.54) is 12.2 Å². The Labute approximate surface area is 184 Å². The monoisotopic (exact) mass is 429 g/mol. The van der Waals surface area contributed by atoms with Crippen molar-refractivity contribution in [2.75, 3.05) is 5.32 Å². The van der Waals surface area contributed by atoms with Crippen molar-refractivity contribution in [3.05, 3.63) is 106 Å². The minimum atomic E-state index is -1.72. The number of carboxylic acid groups (broad SMARTS) is 1. The summed E-state index contributed by atoms with van der Waals surface area (Å²) in [5.41, 5.74) is 0.784. The van der Waals surface area contributed by atoms with Crippen LogP contribution in [0.2, 0.25) is 0 Å². The van der Waals surface area contributed by atoms with E-state index in [0.717, 1.165) is 5.69 Å². The zero-order valence-corrected chi connectivity index (χ0v) is 17.6. The summed E-state index contributed by atoms with van der Waals surface area (Å²) < 4.78 is 1.70. The summed E-state index contributed by atoms with van der Waals surface area (Å²) in [6.45, 7) is 3.15. The van der Waals surface area contributed by atoms with Gasteiger partial charge in [-0.15, -0.1) is 0 Å². The fraction of sp³-hybridized carbons (Fsp3) is 0.167. The number of carbonyl (C=O) groups excluding carboxylic acids is 1. The Bertz CT molecular complexity index is 1220. The third kappa shape index (κ3) is 3.66. The van der Waals surface area contributed by atoms with Crippen LogP contribution in [0.4, 0.5) is 11.5 Å². The van der Waals surface area contributed by atoms with Gasteiger partial charge in [-0.1, -0.05) is 41.5 Å². The van der Waals surface area contributed by atoms with E-state index in [-0.39, 0.29) is 0 Å². The van der Waals surface area contributed by atoms with Gasteiger partial charge in [0.05, 0.1) is 22.9 Å². The van der Waals surface area contributed by atoms with Crippen LogP contribution in [0.1, 0.15) is 19.4 Å². The number of nitrogens with one attached hydrogen (secondary N) is 1. The van der Waals surface area contributed by atoms with Gasteiger partial charge < -0.3 is 15.2 Å². The van der Waals surface area contributed by atoms with E-state index in [1.807, 2.05) is 30.3 Å². The molecule has 0 atom stereocenters. The maximum Gasteiger partial charge on any atom is 0.286 e. The number of hydrogen-bond donors (Lipinski definition) is 1.